The molecule has 2 heteroatoms. The van der Waals surface area contributed by atoms with Gasteiger partial charge in [0, 0.05) is 33.9 Å². The Morgan fingerprint density at radius 2 is 0.804 bits per heavy atom. The van der Waals surface area contributed by atoms with Gasteiger partial charge in [0.05, 0.1) is 0 Å². The summed E-state index contributed by atoms with van der Waals surface area (Å²) in [7, 11) is 0. The molecule has 11 aromatic rings. The lowest BCUT2D eigenvalue weighted by molar-refractivity contribution is 0.669. The van der Waals surface area contributed by atoms with Crippen LogP contribution in [0.5, 0.6) is 0 Å². The van der Waals surface area contributed by atoms with E-state index in [1.165, 1.54) is 65.7 Å². The van der Waals surface area contributed by atoms with Crippen molar-refractivity contribution in [3.63, 3.8) is 0 Å². The predicted molar refractivity (Wildman–Crippen MR) is 237 cm³/mol. The van der Waals surface area contributed by atoms with Gasteiger partial charge in [0.2, 0.25) is 0 Å². The van der Waals surface area contributed by atoms with E-state index >= 15 is 0 Å². The van der Waals surface area contributed by atoms with E-state index in [9.17, 15) is 0 Å². The van der Waals surface area contributed by atoms with E-state index in [-0.39, 0.29) is 0 Å². The smallest absolute Gasteiger partial charge is 0.137 e. The van der Waals surface area contributed by atoms with E-state index in [0.29, 0.717) is 0 Å². The Hall–Kier alpha value is -7.42. The Bertz CT molecular complexity index is 3230. The molecule has 0 atom stereocenters. The topological polar surface area (TPSA) is 16.4 Å². The van der Waals surface area contributed by atoms with Crippen molar-refractivity contribution in [2.24, 2.45) is 0 Å². The molecule has 0 N–H and O–H groups in total. The molecule has 0 unspecified atom stereocenters. The van der Waals surface area contributed by atoms with Crippen LogP contribution in [0.25, 0.3) is 87.6 Å². The highest BCUT2D eigenvalue weighted by Gasteiger charge is 2.18. The molecular formula is C54H35NO. The molecule has 0 spiro atoms. The second-order valence-electron chi connectivity index (χ2n) is 14.5. The molecule has 0 saturated carbocycles. The molecule has 0 aliphatic heterocycles. The summed E-state index contributed by atoms with van der Waals surface area (Å²) in [6.07, 6.45) is 0. The Labute approximate surface area is 325 Å². The second kappa shape index (κ2) is 13.2. The Morgan fingerprint density at radius 1 is 0.286 bits per heavy atom. The lowest BCUT2D eigenvalue weighted by Crippen LogP contribution is -2.09. The van der Waals surface area contributed by atoms with Crippen LogP contribution in [-0.2, 0) is 0 Å². The largest absolute Gasteiger partial charge is 0.456 e. The van der Waals surface area contributed by atoms with Gasteiger partial charge in [0.15, 0.2) is 0 Å². The number of furan rings is 1. The van der Waals surface area contributed by atoms with Gasteiger partial charge in [0.25, 0.3) is 0 Å². The van der Waals surface area contributed by atoms with Crippen LogP contribution >= 0.6 is 0 Å². The van der Waals surface area contributed by atoms with Crippen molar-refractivity contribution in [1.29, 1.82) is 0 Å². The minimum Gasteiger partial charge on any atom is -0.456 e. The molecule has 0 fully saturated rings. The summed E-state index contributed by atoms with van der Waals surface area (Å²) in [6.45, 7) is 0. The highest BCUT2D eigenvalue weighted by atomic mass is 16.3. The maximum Gasteiger partial charge on any atom is 0.137 e. The van der Waals surface area contributed by atoms with E-state index in [1.807, 2.05) is 0 Å². The summed E-state index contributed by atoms with van der Waals surface area (Å²) in [5.41, 5.74) is 12.2. The van der Waals surface area contributed by atoms with Crippen LogP contribution in [0.2, 0.25) is 0 Å². The molecule has 0 aliphatic rings. The fourth-order valence-electron chi connectivity index (χ4n) is 8.51. The standard InChI is InChI=1S/C54H35NO/c1-2-11-37(12-3-1)50-33-41-15-4-5-16-42(41)34-51(50)40-23-28-44(29-24-40)55(43-26-21-39(22-27-43)47-20-10-17-36-13-6-8-18-46(36)47)45-30-31-49-53(35-45)56-52-32-25-38-14-7-9-19-48(38)54(49)52/h1-35H. The average molecular weight is 714 g/mol. The highest BCUT2D eigenvalue weighted by molar-refractivity contribution is 6.19. The molecule has 0 aliphatic carbocycles. The molecule has 2 nitrogen and oxygen atoms in total. The zero-order valence-electron chi connectivity index (χ0n) is 30.6. The average Bonchev–Trinajstić information content (AvgIpc) is 3.65. The number of nitrogens with zero attached hydrogens (tertiary/aromatic N) is 1. The fraction of sp³-hybridized carbons (Fsp3) is 0. The fourth-order valence-corrected chi connectivity index (χ4v) is 8.51. The molecule has 0 amide bonds. The van der Waals surface area contributed by atoms with Crippen molar-refractivity contribution in [3.05, 3.63) is 212 Å². The van der Waals surface area contributed by atoms with Gasteiger partial charge in [-0.1, -0.05) is 152 Å². The molecule has 1 aromatic heterocycles. The first-order valence-electron chi connectivity index (χ1n) is 19.2. The van der Waals surface area contributed by atoms with Crippen LogP contribution < -0.4 is 4.90 Å². The van der Waals surface area contributed by atoms with Gasteiger partial charge in [-0.05, 0) is 120 Å². The van der Waals surface area contributed by atoms with Gasteiger partial charge in [-0.15, -0.1) is 0 Å². The number of rotatable bonds is 6. The molecule has 262 valence electrons. The minimum atomic E-state index is 0.867. The summed E-state index contributed by atoms with van der Waals surface area (Å²) in [4.78, 5) is 2.33. The zero-order valence-corrected chi connectivity index (χ0v) is 30.6. The molecule has 0 saturated heterocycles. The van der Waals surface area contributed by atoms with Gasteiger partial charge >= 0.3 is 0 Å². The van der Waals surface area contributed by atoms with E-state index < -0.39 is 0 Å². The third-order valence-electron chi connectivity index (χ3n) is 11.2. The lowest BCUT2D eigenvalue weighted by atomic mass is 9.91. The monoisotopic (exact) mass is 713 g/mol. The first-order chi connectivity index (χ1) is 27.7. The quantitative estimate of drug-likeness (QED) is 0.171. The van der Waals surface area contributed by atoms with Crippen LogP contribution in [-0.4, -0.2) is 0 Å². The SMILES string of the molecule is c1ccc(-c2cc3ccccc3cc2-c2ccc(N(c3ccc(-c4cccc5ccccc45)cc3)c3ccc4c(c3)oc3ccc5ccccc5c34)cc2)cc1. The van der Waals surface area contributed by atoms with E-state index in [1.54, 1.807) is 0 Å². The summed E-state index contributed by atoms with van der Waals surface area (Å²) in [5.74, 6) is 0. The summed E-state index contributed by atoms with van der Waals surface area (Å²) >= 11 is 0. The first-order valence-corrected chi connectivity index (χ1v) is 19.2. The van der Waals surface area contributed by atoms with Gasteiger partial charge < -0.3 is 9.32 Å². The minimum absolute atomic E-state index is 0.867. The Kier molecular flexibility index (Phi) is 7.53. The predicted octanol–water partition coefficient (Wildman–Crippen LogP) is 15.5. The van der Waals surface area contributed by atoms with E-state index in [4.69, 9.17) is 4.42 Å². The third kappa shape index (κ3) is 5.42. The van der Waals surface area contributed by atoms with Crippen LogP contribution in [0.3, 0.4) is 0 Å². The number of hydrogen-bond donors (Lipinski definition) is 0. The third-order valence-corrected chi connectivity index (χ3v) is 11.2. The maximum absolute atomic E-state index is 6.58. The van der Waals surface area contributed by atoms with Gasteiger partial charge in [0.1, 0.15) is 11.2 Å². The maximum atomic E-state index is 6.58. The highest BCUT2D eigenvalue weighted by Crippen LogP contribution is 2.43. The normalized spacial score (nSPS) is 11.6. The van der Waals surface area contributed by atoms with Crippen molar-refractivity contribution < 1.29 is 4.42 Å². The van der Waals surface area contributed by atoms with Gasteiger partial charge in [-0.3, -0.25) is 0 Å². The second-order valence-corrected chi connectivity index (χ2v) is 14.5. The summed E-state index contributed by atoms with van der Waals surface area (Å²) in [5, 5.41) is 9.64. The molecule has 0 bridgehead atoms. The van der Waals surface area contributed by atoms with Gasteiger partial charge in [-0.2, -0.15) is 0 Å². The van der Waals surface area contributed by atoms with Crippen molar-refractivity contribution >= 4 is 71.3 Å². The van der Waals surface area contributed by atoms with Crippen LogP contribution in [0, 0.1) is 0 Å². The van der Waals surface area contributed by atoms with Crippen LogP contribution in [0.4, 0.5) is 17.1 Å². The molecule has 56 heavy (non-hydrogen) atoms. The van der Waals surface area contributed by atoms with E-state index in [2.05, 4.69) is 217 Å². The van der Waals surface area contributed by atoms with Crippen molar-refractivity contribution in [1.82, 2.24) is 0 Å². The molecular weight excluding hydrogens is 679 g/mol. The molecule has 0 radical (unpaired) electrons. The van der Waals surface area contributed by atoms with Gasteiger partial charge in [-0.25, -0.2) is 0 Å². The number of fused-ring (bicyclic) bond motifs is 7. The number of hydrogen-bond acceptors (Lipinski definition) is 2. The molecule has 11 rings (SSSR count). The lowest BCUT2D eigenvalue weighted by Gasteiger charge is -2.26. The first kappa shape index (κ1) is 32.0. The Morgan fingerprint density at radius 3 is 1.48 bits per heavy atom. The van der Waals surface area contributed by atoms with Crippen LogP contribution in [0.1, 0.15) is 0 Å². The summed E-state index contributed by atoms with van der Waals surface area (Å²) < 4.78 is 6.58. The zero-order chi connectivity index (χ0) is 37.0. The van der Waals surface area contributed by atoms with Crippen molar-refractivity contribution in [3.8, 4) is 33.4 Å². The summed E-state index contributed by atoms with van der Waals surface area (Å²) in [6, 6.07) is 76.5. The van der Waals surface area contributed by atoms with Crippen molar-refractivity contribution in [2.45, 2.75) is 0 Å². The van der Waals surface area contributed by atoms with Crippen LogP contribution in [0.15, 0.2) is 217 Å². The number of benzene rings is 10. The Balaban J connectivity index is 1.05. The van der Waals surface area contributed by atoms with Crippen molar-refractivity contribution in [2.75, 3.05) is 4.90 Å². The molecule has 10 aromatic carbocycles. The van der Waals surface area contributed by atoms with E-state index in [0.717, 1.165) is 39.0 Å². The number of anilines is 3. The molecule has 1 heterocycles.